The molecule has 2 N–H and O–H groups in total. The molecule has 1 aromatic carbocycles. The molecule has 1 aliphatic heterocycles. The van der Waals surface area contributed by atoms with Crippen molar-refractivity contribution in [1.82, 2.24) is 5.48 Å². The van der Waals surface area contributed by atoms with Crippen LogP contribution >= 0.6 is 0 Å². The largest absolute Gasteiger partial charge is 0.493 e. The molecule has 8 heteroatoms. The number of nitrogens with zero attached hydrogens (tertiary/aromatic N) is 1. The third kappa shape index (κ3) is 3.13. The number of benzene rings is 1. The summed E-state index contributed by atoms with van der Waals surface area (Å²) in [7, 11) is 4.50. The van der Waals surface area contributed by atoms with Gasteiger partial charge < -0.3 is 18.9 Å². The lowest BCUT2D eigenvalue weighted by Crippen LogP contribution is -2.21. The smallest absolute Gasteiger partial charge is 0.334 e. The third-order valence-electron chi connectivity index (χ3n) is 3.48. The van der Waals surface area contributed by atoms with Gasteiger partial charge in [0.15, 0.2) is 23.4 Å². The van der Waals surface area contributed by atoms with Crippen molar-refractivity contribution in [2.45, 2.75) is 13.0 Å². The Kier molecular flexibility index (Phi) is 5.64. The molecule has 2 rings (SSSR count). The first-order chi connectivity index (χ1) is 11.6. The molecule has 0 bridgehead atoms. The van der Waals surface area contributed by atoms with Crippen LogP contribution in [0.4, 0.5) is 0 Å². The van der Waals surface area contributed by atoms with E-state index in [1.165, 1.54) is 21.3 Å². The predicted molar refractivity (Wildman–Crippen MR) is 86.9 cm³/mol. The number of carbonyl (C=O) groups is 1. The molecule has 8 nitrogen and oxygen atoms in total. The summed E-state index contributed by atoms with van der Waals surface area (Å²) in [6.07, 6.45) is 1.58. The number of hydroxylamine groups is 1. The number of hydrogen-bond donors (Lipinski definition) is 2. The van der Waals surface area contributed by atoms with Crippen molar-refractivity contribution in [3.63, 3.8) is 0 Å². The summed E-state index contributed by atoms with van der Waals surface area (Å²) < 4.78 is 21.0. The fourth-order valence-electron chi connectivity index (χ4n) is 2.45. The van der Waals surface area contributed by atoms with Crippen molar-refractivity contribution < 1.29 is 28.9 Å². The quantitative estimate of drug-likeness (QED) is 0.599. The van der Waals surface area contributed by atoms with Gasteiger partial charge in [-0.3, -0.25) is 10.7 Å². The number of carbonyl (C=O) groups excluding carboxylic acids is 1. The average Bonchev–Trinajstić information content (AvgIpc) is 3.04. The molecule has 1 heterocycles. The fourth-order valence-corrected chi connectivity index (χ4v) is 2.45. The molecule has 0 fully saturated rings. The van der Waals surface area contributed by atoms with Crippen LogP contribution < -0.4 is 19.7 Å². The lowest BCUT2D eigenvalue weighted by atomic mass is 10.0. The van der Waals surface area contributed by atoms with E-state index in [1.807, 2.05) is 5.48 Å². The average molecular weight is 336 g/mol. The zero-order valence-electron chi connectivity index (χ0n) is 14.0. The molecule has 0 saturated heterocycles. The molecular formula is C16H20N2O6. The number of nitrogens with one attached hydrogen (secondary N) is 1. The summed E-state index contributed by atoms with van der Waals surface area (Å²) in [5.74, 6) is 0.929. The van der Waals surface area contributed by atoms with Gasteiger partial charge in [0.1, 0.15) is 0 Å². The summed E-state index contributed by atoms with van der Waals surface area (Å²) in [6, 6.07) is 2.59. The summed E-state index contributed by atoms with van der Waals surface area (Å²) in [5, 5.41) is 9.35. The molecule has 0 aliphatic carbocycles. The third-order valence-corrected chi connectivity index (χ3v) is 3.48. The molecular weight excluding hydrogens is 316 g/mol. The van der Waals surface area contributed by atoms with Gasteiger partial charge in [-0.1, -0.05) is 0 Å². The van der Waals surface area contributed by atoms with Gasteiger partial charge >= 0.3 is 5.97 Å². The Hall–Kier alpha value is -2.74. The Labute approximate surface area is 139 Å². The second-order valence-electron chi connectivity index (χ2n) is 4.75. The predicted octanol–water partition coefficient (Wildman–Crippen LogP) is 1.42. The number of methoxy groups -OCH3 is 3. The van der Waals surface area contributed by atoms with Gasteiger partial charge in [0.2, 0.25) is 5.75 Å². The molecule has 0 radical (unpaired) electrons. The molecule has 130 valence electrons. The second kappa shape index (κ2) is 7.69. The zero-order valence-corrected chi connectivity index (χ0v) is 14.0. The SMILES string of the molecule is CCOC(=O)C1C=C(c2ccc(OC)c(OC)c2OC)C(NO)=N1. The molecule has 1 atom stereocenters. The highest BCUT2D eigenvalue weighted by atomic mass is 16.5. The monoisotopic (exact) mass is 336 g/mol. The maximum absolute atomic E-state index is 11.9. The minimum Gasteiger partial charge on any atom is -0.493 e. The lowest BCUT2D eigenvalue weighted by Gasteiger charge is -2.16. The maximum atomic E-state index is 11.9. The van der Waals surface area contributed by atoms with Crippen LogP contribution in [-0.4, -0.2) is 51.0 Å². The molecule has 1 unspecified atom stereocenters. The van der Waals surface area contributed by atoms with Crippen LogP contribution in [0.25, 0.3) is 5.57 Å². The Balaban J connectivity index is 2.52. The molecule has 0 aromatic heterocycles. The lowest BCUT2D eigenvalue weighted by molar-refractivity contribution is -0.143. The first-order valence-corrected chi connectivity index (χ1v) is 7.27. The van der Waals surface area contributed by atoms with Gasteiger partial charge in [0.05, 0.1) is 27.9 Å². The molecule has 1 aliphatic rings. The topological polar surface area (TPSA) is 98.6 Å². The second-order valence-corrected chi connectivity index (χ2v) is 4.75. The van der Waals surface area contributed by atoms with E-state index in [-0.39, 0.29) is 12.4 Å². The Bertz CT molecular complexity index is 683. The highest BCUT2D eigenvalue weighted by molar-refractivity contribution is 6.26. The van der Waals surface area contributed by atoms with E-state index in [1.54, 1.807) is 25.1 Å². The number of rotatable bonds is 6. The molecule has 0 amide bonds. The van der Waals surface area contributed by atoms with Crippen molar-refractivity contribution in [2.75, 3.05) is 27.9 Å². The molecule has 24 heavy (non-hydrogen) atoms. The summed E-state index contributed by atoms with van der Waals surface area (Å²) >= 11 is 0. The molecule has 0 saturated carbocycles. The zero-order chi connectivity index (χ0) is 17.7. The van der Waals surface area contributed by atoms with Gasteiger partial charge in [-0.15, -0.1) is 0 Å². The summed E-state index contributed by atoms with van der Waals surface area (Å²) in [4.78, 5) is 16.0. The van der Waals surface area contributed by atoms with Gasteiger partial charge in [0, 0.05) is 11.1 Å². The highest BCUT2D eigenvalue weighted by Gasteiger charge is 2.29. The van der Waals surface area contributed by atoms with E-state index in [4.69, 9.17) is 18.9 Å². The van der Waals surface area contributed by atoms with E-state index < -0.39 is 12.0 Å². The van der Waals surface area contributed by atoms with Crippen LogP contribution in [-0.2, 0) is 9.53 Å². The number of hydrogen-bond acceptors (Lipinski definition) is 8. The van der Waals surface area contributed by atoms with Gasteiger partial charge in [-0.2, -0.15) is 0 Å². The van der Waals surface area contributed by atoms with Crippen molar-refractivity contribution in [2.24, 2.45) is 4.99 Å². The van der Waals surface area contributed by atoms with E-state index in [9.17, 15) is 10.0 Å². The van der Waals surface area contributed by atoms with E-state index >= 15 is 0 Å². The normalized spacial score (nSPS) is 16.1. The minimum absolute atomic E-state index is 0.138. The van der Waals surface area contributed by atoms with Crippen LogP contribution in [0.3, 0.4) is 0 Å². The van der Waals surface area contributed by atoms with Crippen LogP contribution in [0.1, 0.15) is 12.5 Å². The Morgan fingerprint density at radius 3 is 2.46 bits per heavy atom. The highest BCUT2D eigenvalue weighted by Crippen LogP contribution is 2.43. The number of aliphatic imine (C=N–C) groups is 1. The number of ether oxygens (including phenoxy) is 4. The molecule has 1 aromatic rings. The van der Waals surface area contributed by atoms with Crippen molar-refractivity contribution in [1.29, 1.82) is 0 Å². The van der Waals surface area contributed by atoms with Crippen LogP contribution in [0.15, 0.2) is 23.2 Å². The first kappa shape index (κ1) is 17.6. The van der Waals surface area contributed by atoms with Gasteiger partial charge in [0.25, 0.3) is 0 Å². The fraction of sp³-hybridized carbons (Fsp3) is 0.375. The number of esters is 1. The van der Waals surface area contributed by atoms with Crippen LogP contribution in [0.5, 0.6) is 17.2 Å². The number of amidine groups is 1. The van der Waals surface area contributed by atoms with E-state index in [0.717, 1.165) is 0 Å². The van der Waals surface area contributed by atoms with Gasteiger partial charge in [-0.05, 0) is 25.1 Å². The van der Waals surface area contributed by atoms with Crippen LogP contribution in [0, 0.1) is 0 Å². The van der Waals surface area contributed by atoms with Crippen molar-refractivity contribution >= 4 is 17.4 Å². The van der Waals surface area contributed by atoms with Gasteiger partial charge in [-0.25, -0.2) is 9.79 Å². The summed E-state index contributed by atoms with van der Waals surface area (Å²) in [6.45, 7) is 1.96. The summed E-state index contributed by atoms with van der Waals surface area (Å²) in [5.41, 5.74) is 3.08. The standard InChI is InChI=1S/C16H20N2O6/c1-5-24-16(19)11-8-10(15(17-11)18-20)9-6-7-12(21-2)14(23-4)13(9)22-3/h6-8,11,20H,5H2,1-4H3,(H,17,18). The molecule has 0 spiro atoms. The van der Waals surface area contributed by atoms with Crippen molar-refractivity contribution in [3.05, 3.63) is 23.8 Å². The Morgan fingerprint density at radius 2 is 1.92 bits per heavy atom. The maximum Gasteiger partial charge on any atom is 0.334 e. The van der Waals surface area contributed by atoms with E-state index in [2.05, 4.69) is 4.99 Å². The first-order valence-electron chi connectivity index (χ1n) is 7.27. The minimum atomic E-state index is -0.840. The van der Waals surface area contributed by atoms with Crippen LogP contribution in [0.2, 0.25) is 0 Å². The van der Waals surface area contributed by atoms with E-state index in [0.29, 0.717) is 28.4 Å². The Morgan fingerprint density at radius 1 is 1.21 bits per heavy atom. The van der Waals surface area contributed by atoms with Crippen molar-refractivity contribution in [3.8, 4) is 17.2 Å².